The molecule has 0 aliphatic heterocycles. The first-order valence-electron chi connectivity index (χ1n) is 12.4. The Morgan fingerprint density at radius 2 is 1.69 bits per heavy atom. The average molecular weight is 621 g/mol. The zero-order valence-corrected chi connectivity index (χ0v) is 26.1. The highest BCUT2D eigenvalue weighted by molar-refractivity contribution is 7.92. The molecule has 2 aromatic carbocycles. The van der Waals surface area contributed by atoms with Crippen LogP contribution in [0.3, 0.4) is 0 Å². The van der Waals surface area contributed by atoms with E-state index in [1.807, 2.05) is 27.7 Å². The van der Waals surface area contributed by atoms with Gasteiger partial charge in [0.25, 0.3) is 0 Å². The predicted molar refractivity (Wildman–Crippen MR) is 158 cm³/mol. The molecule has 0 aliphatic rings. The van der Waals surface area contributed by atoms with E-state index in [4.69, 9.17) is 39.5 Å². The lowest BCUT2D eigenvalue weighted by Crippen LogP contribution is -2.53. The van der Waals surface area contributed by atoms with Crippen LogP contribution in [0.2, 0.25) is 15.1 Å². The highest BCUT2D eigenvalue weighted by Crippen LogP contribution is 2.30. The second-order valence-electron chi connectivity index (χ2n) is 10.2. The molecule has 0 aromatic heterocycles. The molecule has 2 aromatic rings. The van der Waals surface area contributed by atoms with Crippen LogP contribution in [0.4, 0.5) is 5.69 Å². The van der Waals surface area contributed by atoms with Crippen molar-refractivity contribution in [2.24, 2.45) is 0 Å². The van der Waals surface area contributed by atoms with Crippen LogP contribution in [0.15, 0.2) is 36.4 Å². The first-order chi connectivity index (χ1) is 18.1. The van der Waals surface area contributed by atoms with Gasteiger partial charge in [0, 0.05) is 25.0 Å². The maximum absolute atomic E-state index is 13.6. The van der Waals surface area contributed by atoms with Crippen LogP contribution < -0.4 is 14.4 Å². The maximum Gasteiger partial charge on any atom is 0.243 e. The Kier molecular flexibility index (Phi) is 11.8. The van der Waals surface area contributed by atoms with Crippen LogP contribution in [-0.4, -0.2) is 56.6 Å². The van der Waals surface area contributed by atoms with Gasteiger partial charge in [-0.05, 0) is 69.5 Å². The van der Waals surface area contributed by atoms with Gasteiger partial charge in [-0.1, -0.05) is 47.8 Å². The second-order valence-corrected chi connectivity index (χ2v) is 13.3. The molecule has 0 radical (unpaired) electrons. The number of hydrogen-bond acceptors (Lipinski definition) is 5. The van der Waals surface area contributed by atoms with Crippen molar-refractivity contribution < 1.29 is 22.7 Å². The van der Waals surface area contributed by atoms with E-state index in [-0.39, 0.29) is 42.8 Å². The van der Waals surface area contributed by atoms with E-state index in [0.717, 1.165) is 6.26 Å². The Bertz CT molecular complexity index is 1280. The number of halogens is 3. The van der Waals surface area contributed by atoms with E-state index in [1.54, 1.807) is 30.3 Å². The van der Waals surface area contributed by atoms with Crippen molar-refractivity contribution in [3.8, 4) is 5.75 Å². The minimum Gasteiger partial charge on any atom is -0.495 e. The summed E-state index contributed by atoms with van der Waals surface area (Å²) in [6.07, 6.45) is 1.70. The number of carbonyl (C=O) groups is 2. The Labute approximate surface area is 246 Å². The molecule has 0 heterocycles. The number of nitrogens with one attached hydrogen (secondary N) is 1. The summed E-state index contributed by atoms with van der Waals surface area (Å²) in [5.74, 6) is -0.150. The van der Waals surface area contributed by atoms with E-state index in [9.17, 15) is 18.0 Å². The SMILES string of the molecule is CC[C@@H](C(=O)NC(C)(C)C)N(Cc1ccc(Cl)c(Cl)c1)C(=O)CCCN(c1ccc(OC)c(Cl)c1)S(C)(=O)=O. The Balaban J connectivity index is 2.29. The molecule has 0 unspecified atom stereocenters. The lowest BCUT2D eigenvalue weighted by atomic mass is 10.0. The molecule has 1 N–H and O–H groups in total. The van der Waals surface area contributed by atoms with Gasteiger partial charge < -0.3 is 15.0 Å². The number of rotatable bonds is 12. The standard InChI is InChI=1S/C27H36Cl3N3O5S/c1-7-23(26(35)31-27(2,3)4)32(17-18-10-12-20(28)21(29)15-18)25(34)9-8-14-33(39(6,36)37)19-11-13-24(38-5)22(30)16-19/h10-13,15-16,23H,7-9,14,17H2,1-6H3,(H,31,35)/t23-/m0/s1. The molecular formula is C27H36Cl3N3O5S. The molecule has 0 spiro atoms. The molecule has 0 aliphatic carbocycles. The number of carbonyl (C=O) groups excluding carboxylic acids is 2. The van der Waals surface area contributed by atoms with E-state index in [0.29, 0.717) is 33.5 Å². The van der Waals surface area contributed by atoms with Crippen LogP contribution in [0.25, 0.3) is 0 Å². The van der Waals surface area contributed by atoms with Gasteiger partial charge in [0.1, 0.15) is 11.8 Å². The van der Waals surface area contributed by atoms with Crippen molar-refractivity contribution in [2.75, 3.05) is 24.2 Å². The highest BCUT2D eigenvalue weighted by atomic mass is 35.5. The maximum atomic E-state index is 13.6. The molecule has 216 valence electrons. The topological polar surface area (TPSA) is 96.0 Å². The van der Waals surface area contributed by atoms with Gasteiger partial charge in [-0.2, -0.15) is 0 Å². The molecule has 39 heavy (non-hydrogen) atoms. The number of nitrogens with zero attached hydrogens (tertiary/aromatic N) is 2. The highest BCUT2D eigenvalue weighted by Gasteiger charge is 2.31. The van der Waals surface area contributed by atoms with Gasteiger partial charge >= 0.3 is 0 Å². The third kappa shape index (κ3) is 9.74. The first-order valence-corrected chi connectivity index (χ1v) is 15.4. The molecule has 0 bridgehead atoms. The minimum atomic E-state index is -3.67. The zero-order valence-electron chi connectivity index (χ0n) is 23.1. The average Bonchev–Trinajstić information content (AvgIpc) is 2.81. The summed E-state index contributed by atoms with van der Waals surface area (Å²) >= 11 is 18.5. The third-order valence-corrected chi connectivity index (χ3v) is 8.03. The summed E-state index contributed by atoms with van der Waals surface area (Å²) in [6.45, 7) is 7.62. The monoisotopic (exact) mass is 619 g/mol. The van der Waals surface area contributed by atoms with Crippen LogP contribution in [0.1, 0.15) is 52.5 Å². The van der Waals surface area contributed by atoms with Gasteiger partial charge in [0.15, 0.2) is 0 Å². The van der Waals surface area contributed by atoms with Gasteiger partial charge in [-0.15, -0.1) is 0 Å². The molecule has 2 rings (SSSR count). The van der Waals surface area contributed by atoms with Crippen LogP contribution in [0, 0.1) is 0 Å². The normalized spacial score (nSPS) is 12.5. The summed E-state index contributed by atoms with van der Waals surface area (Å²) < 4.78 is 31.5. The number of ether oxygens (including phenoxy) is 1. The minimum absolute atomic E-state index is 0.0104. The molecule has 8 nitrogen and oxygen atoms in total. The van der Waals surface area contributed by atoms with Gasteiger partial charge in [-0.25, -0.2) is 8.42 Å². The Morgan fingerprint density at radius 3 is 2.21 bits per heavy atom. The largest absolute Gasteiger partial charge is 0.495 e. The molecule has 12 heteroatoms. The quantitative estimate of drug-likeness (QED) is 0.318. The first kappa shape index (κ1) is 33.0. The van der Waals surface area contributed by atoms with E-state index in [1.165, 1.54) is 22.4 Å². The summed E-state index contributed by atoms with van der Waals surface area (Å²) in [7, 11) is -2.20. The van der Waals surface area contributed by atoms with E-state index in [2.05, 4.69) is 5.32 Å². The number of anilines is 1. The Morgan fingerprint density at radius 1 is 1.03 bits per heavy atom. The third-order valence-electron chi connectivity index (χ3n) is 5.80. The summed E-state index contributed by atoms with van der Waals surface area (Å²) in [4.78, 5) is 28.2. The van der Waals surface area contributed by atoms with Gasteiger partial charge in [0.2, 0.25) is 21.8 Å². The fourth-order valence-electron chi connectivity index (χ4n) is 4.02. The zero-order chi connectivity index (χ0) is 29.5. The van der Waals surface area contributed by atoms with Crippen LogP contribution in [-0.2, 0) is 26.2 Å². The summed E-state index contributed by atoms with van der Waals surface area (Å²) in [6, 6.07) is 9.00. The predicted octanol–water partition coefficient (Wildman–Crippen LogP) is 5.92. The molecule has 0 fully saturated rings. The number of hydrogen-bond donors (Lipinski definition) is 1. The van der Waals surface area contributed by atoms with Crippen molar-refractivity contribution in [3.05, 3.63) is 57.0 Å². The van der Waals surface area contributed by atoms with Crippen LogP contribution in [0.5, 0.6) is 5.75 Å². The summed E-state index contributed by atoms with van der Waals surface area (Å²) in [5, 5.41) is 3.95. The number of benzene rings is 2. The number of methoxy groups -OCH3 is 1. The summed E-state index contributed by atoms with van der Waals surface area (Å²) in [5.41, 5.74) is 0.586. The van der Waals surface area contributed by atoms with E-state index < -0.39 is 21.6 Å². The van der Waals surface area contributed by atoms with Crippen molar-refractivity contribution >= 4 is 62.3 Å². The van der Waals surface area contributed by atoms with Crippen molar-refractivity contribution in [1.82, 2.24) is 10.2 Å². The van der Waals surface area contributed by atoms with Crippen molar-refractivity contribution in [2.45, 2.75) is 65.1 Å². The smallest absolute Gasteiger partial charge is 0.243 e. The Hall–Kier alpha value is -2.20. The van der Waals surface area contributed by atoms with Crippen molar-refractivity contribution in [1.29, 1.82) is 0 Å². The van der Waals surface area contributed by atoms with E-state index >= 15 is 0 Å². The lowest BCUT2D eigenvalue weighted by Gasteiger charge is -2.33. The molecule has 1 atom stereocenters. The molecular weight excluding hydrogens is 585 g/mol. The fourth-order valence-corrected chi connectivity index (χ4v) is 5.55. The number of amides is 2. The molecule has 0 saturated carbocycles. The van der Waals surface area contributed by atoms with Gasteiger partial charge in [0.05, 0.1) is 34.1 Å². The molecule has 0 saturated heterocycles. The lowest BCUT2D eigenvalue weighted by molar-refractivity contribution is -0.142. The fraction of sp³-hybridized carbons (Fsp3) is 0.481. The second kappa shape index (κ2) is 13.9. The van der Waals surface area contributed by atoms with Crippen molar-refractivity contribution in [3.63, 3.8) is 0 Å². The van der Waals surface area contributed by atoms with Crippen LogP contribution >= 0.6 is 34.8 Å². The molecule has 2 amide bonds. The van der Waals surface area contributed by atoms with Gasteiger partial charge in [-0.3, -0.25) is 13.9 Å². The number of sulfonamides is 1.